The molecule has 2 aliphatic rings. The highest BCUT2D eigenvalue weighted by Crippen LogP contribution is 2.53. The second kappa shape index (κ2) is 3.94. The van der Waals surface area contributed by atoms with E-state index in [4.69, 9.17) is 4.74 Å². The van der Waals surface area contributed by atoms with Gasteiger partial charge in [0.15, 0.2) is 0 Å². The van der Waals surface area contributed by atoms with Crippen molar-refractivity contribution in [3.8, 4) is 11.1 Å². The molecule has 0 atom stereocenters. The van der Waals surface area contributed by atoms with Crippen molar-refractivity contribution < 1.29 is 4.74 Å². The third-order valence-electron chi connectivity index (χ3n) is 4.77. The van der Waals surface area contributed by atoms with Crippen LogP contribution >= 0.6 is 0 Å². The first-order chi connectivity index (χ1) is 9.31. The van der Waals surface area contributed by atoms with Crippen molar-refractivity contribution in [2.45, 2.75) is 25.2 Å². The van der Waals surface area contributed by atoms with Gasteiger partial charge in [-0.1, -0.05) is 48.0 Å². The predicted octanol–water partition coefficient (Wildman–Crippen LogP) is 4.07. The number of benzene rings is 2. The summed E-state index contributed by atoms with van der Waals surface area (Å²) >= 11 is 0. The van der Waals surface area contributed by atoms with Gasteiger partial charge in [-0.15, -0.1) is 0 Å². The Labute approximate surface area is 114 Å². The van der Waals surface area contributed by atoms with Crippen LogP contribution in [0.1, 0.15) is 29.5 Å². The number of rotatable bonds is 0. The molecule has 19 heavy (non-hydrogen) atoms. The average Bonchev–Trinajstić information content (AvgIpc) is 2.71. The number of ether oxygens (including phenoxy) is 1. The predicted molar refractivity (Wildman–Crippen MR) is 77.4 cm³/mol. The van der Waals surface area contributed by atoms with Crippen molar-refractivity contribution in [1.29, 1.82) is 0 Å². The first-order valence-electron chi connectivity index (χ1n) is 7.10. The second-order valence-electron chi connectivity index (χ2n) is 5.79. The molecule has 1 aliphatic heterocycles. The van der Waals surface area contributed by atoms with Crippen LogP contribution in [0.15, 0.2) is 42.5 Å². The molecule has 0 radical (unpaired) electrons. The van der Waals surface area contributed by atoms with Gasteiger partial charge in [-0.25, -0.2) is 0 Å². The minimum absolute atomic E-state index is 0.205. The second-order valence-corrected chi connectivity index (χ2v) is 5.79. The highest BCUT2D eigenvalue weighted by atomic mass is 16.5. The molecule has 1 nitrogen and oxygen atoms in total. The van der Waals surface area contributed by atoms with Crippen LogP contribution in [0.5, 0.6) is 0 Å². The Morgan fingerprint density at radius 2 is 1.63 bits per heavy atom. The maximum atomic E-state index is 5.62. The smallest absolute Gasteiger partial charge is 0.0477 e. The van der Waals surface area contributed by atoms with Gasteiger partial charge in [0.05, 0.1) is 0 Å². The number of fused-ring (bicyclic) bond motifs is 5. The zero-order valence-corrected chi connectivity index (χ0v) is 11.3. The topological polar surface area (TPSA) is 9.23 Å². The molecule has 1 heteroatoms. The van der Waals surface area contributed by atoms with Crippen molar-refractivity contribution in [1.82, 2.24) is 0 Å². The molecule has 1 heterocycles. The van der Waals surface area contributed by atoms with Crippen LogP contribution < -0.4 is 0 Å². The first kappa shape index (κ1) is 11.2. The Kier molecular flexibility index (Phi) is 2.33. The maximum Gasteiger partial charge on any atom is 0.0477 e. The van der Waals surface area contributed by atoms with Crippen LogP contribution in [0.4, 0.5) is 0 Å². The molecule has 1 saturated heterocycles. The lowest BCUT2D eigenvalue weighted by Gasteiger charge is -2.35. The summed E-state index contributed by atoms with van der Waals surface area (Å²) in [6, 6.07) is 15.8. The summed E-state index contributed by atoms with van der Waals surface area (Å²) in [5, 5.41) is 0. The fraction of sp³-hybridized carbons (Fsp3) is 0.333. The summed E-state index contributed by atoms with van der Waals surface area (Å²) in [4.78, 5) is 0. The van der Waals surface area contributed by atoms with Gasteiger partial charge in [0.1, 0.15) is 0 Å². The van der Waals surface area contributed by atoms with Crippen LogP contribution in [0.2, 0.25) is 0 Å². The normalized spacial score (nSPS) is 19.2. The van der Waals surface area contributed by atoms with Gasteiger partial charge in [0, 0.05) is 18.6 Å². The molecule has 0 amide bonds. The van der Waals surface area contributed by atoms with Gasteiger partial charge in [0.2, 0.25) is 0 Å². The largest absolute Gasteiger partial charge is 0.381 e. The highest BCUT2D eigenvalue weighted by molar-refractivity contribution is 5.81. The molecular formula is C18H18O. The Balaban J connectivity index is 2.03. The van der Waals surface area contributed by atoms with Gasteiger partial charge in [-0.3, -0.25) is 0 Å². The van der Waals surface area contributed by atoms with Crippen molar-refractivity contribution in [2.24, 2.45) is 0 Å². The van der Waals surface area contributed by atoms with E-state index in [1.54, 1.807) is 0 Å². The van der Waals surface area contributed by atoms with Crippen molar-refractivity contribution in [3.63, 3.8) is 0 Å². The molecule has 1 fully saturated rings. The lowest BCUT2D eigenvalue weighted by Crippen LogP contribution is -2.33. The summed E-state index contributed by atoms with van der Waals surface area (Å²) in [5.74, 6) is 0. The molecule has 96 valence electrons. The highest BCUT2D eigenvalue weighted by Gasteiger charge is 2.43. The summed E-state index contributed by atoms with van der Waals surface area (Å²) in [7, 11) is 0. The van der Waals surface area contributed by atoms with Gasteiger partial charge in [0.25, 0.3) is 0 Å². The fourth-order valence-electron chi connectivity index (χ4n) is 3.83. The van der Waals surface area contributed by atoms with Crippen LogP contribution in [0, 0.1) is 6.92 Å². The van der Waals surface area contributed by atoms with Gasteiger partial charge < -0.3 is 4.74 Å². The first-order valence-corrected chi connectivity index (χ1v) is 7.10. The number of aryl methyl sites for hydroxylation is 1. The van der Waals surface area contributed by atoms with E-state index in [9.17, 15) is 0 Å². The van der Waals surface area contributed by atoms with Crippen molar-refractivity contribution in [3.05, 3.63) is 59.2 Å². The Hall–Kier alpha value is -1.60. The zero-order chi connectivity index (χ0) is 12.9. The van der Waals surface area contributed by atoms with Crippen molar-refractivity contribution in [2.75, 3.05) is 13.2 Å². The SMILES string of the molecule is Cc1ccc2c(c1)C1(CCOCC1)c1ccccc1-2. The molecule has 4 rings (SSSR count). The molecule has 0 bridgehead atoms. The average molecular weight is 250 g/mol. The Bertz CT molecular complexity index is 636. The number of hydrogen-bond donors (Lipinski definition) is 0. The molecule has 2 aromatic carbocycles. The van der Waals surface area contributed by atoms with Crippen LogP contribution in [-0.4, -0.2) is 13.2 Å². The van der Waals surface area contributed by atoms with E-state index in [1.807, 2.05) is 0 Å². The third-order valence-corrected chi connectivity index (χ3v) is 4.77. The molecular weight excluding hydrogens is 232 g/mol. The lowest BCUT2D eigenvalue weighted by atomic mass is 9.72. The monoisotopic (exact) mass is 250 g/mol. The molecule has 0 saturated carbocycles. The Morgan fingerprint density at radius 1 is 0.895 bits per heavy atom. The van der Waals surface area contributed by atoms with E-state index in [-0.39, 0.29) is 5.41 Å². The fourth-order valence-corrected chi connectivity index (χ4v) is 3.83. The van der Waals surface area contributed by atoms with Crippen LogP contribution in [-0.2, 0) is 10.2 Å². The lowest BCUT2D eigenvalue weighted by molar-refractivity contribution is 0.0644. The van der Waals surface area contributed by atoms with Gasteiger partial charge in [-0.05, 0) is 42.0 Å². The minimum Gasteiger partial charge on any atom is -0.381 e. The van der Waals surface area contributed by atoms with E-state index in [1.165, 1.54) is 27.8 Å². The van der Waals surface area contributed by atoms with Gasteiger partial charge >= 0.3 is 0 Å². The summed E-state index contributed by atoms with van der Waals surface area (Å²) in [6.45, 7) is 3.94. The minimum atomic E-state index is 0.205. The molecule has 1 spiro atoms. The molecule has 2 aromatic rings. The zero-order valence-electron chi connectivity index (χ0n) is 11.3. The van der Waals surface area contributed by atoms with E-state index in [0.29, 0.717) is 0 Å². The van der Waals surface area contributed by atoms with Crippen molar-refractivity contribution >= 4 is 0 Å². The molecule has 0 unspecified atom stereocenters. The summed E-state index contributed by atoms with van der Waals surface area (Å²) < 4.78 is 5.62. The van der Waals surface area contributed by atoms with Crippen LogP contribution in [0.3, 0.4) is 0 Å². The molecule has 0 N–H and O–H groups in total. The van der Waals surface area contributed by atoms with E-state index < -0.39 is 0 Å². The Morgan fingerprint density at radius 3 is 2.47 bits per heavy atom. The standard InChI is InChI=1S/C18H18O/c1-13-6-7-15-14-4-2-3-5-16(14)18(17(15)12-13)8-10-19-11-9-18/h2-7,12H,8-11H2,1H3. The number of hydrogen-bond acceptors (Lipinski definition) is 1. The summed E-state index contributed by atoms with van der Waals surface area (Å²) in [6.07, 6.45) is 2.22. The van der Waals surface area contributed by atoms with Gasteiger partial charge in [-0.2, -0.15) is 0 Å². The maximum absolute atomic E-state index is 5.62. The molecule has 0 aromatic heterocycles. The van der Waals surface area contributed by atoms with E-state index in [2.05, 4.69) is 49.4 Å². The van der Waals surface area contributed by atoms with E-state index >= 15 is 0 Å². The third kappa shape index (κ3) is 1.45. The quantitative estimate of drug-likeness (QED) is 0.684. The summed E-state index contributed by atoms with van der Waals surface area (Å²) in [5.41, 5.74) is 7.46. The van der Waals surface area contributed by atoms with E-state index in [0.717, 1.165) is 26.1 Å². The van der Waals surface area contributed by atoms with Crippen LogP contribution in [0.25, 0.3) is 11.1 Å². The molecule has 1 aliphatic carbocycles.